The molecule has 8 nitrogen and oxygen atoms in total. The molecule has 2 N–H and O–H groups in total. The molecule has 0 radical (unpaired) electrons. The van der Waals surface area contributed by atoms with Gasteiger partial charge in [-0.1, -0.05) is 30.3 Å². The number of anilines is 2. The van der Waals surface area contributed by atoms with Crippen molar-refractivity contribution < 1.29 is 19.1 Å². The third-order valence-electron chi connectivity index (χ3n) is 4.85. The Labute approximate surface area is 204 Å². The largest absolute Gasteiger partial charge is 0.493 e. The summed E-state index contributed by atoms with van der Waals surface area (Å²) in [5.41, 5.74) is 3.53. The summed E-state index contributed by atoms with van der Waals surface area (Å²) in [5.74, 6) is 1.65. The summed E-state index contributed by atoms with van der Waals surface area (Å²) in [6, 6.07) is 20.3. The van der Waals surface area contributed by atoms with E-state index in [-0.39, 0.29) is 11.7 Å². The molecule has 1 amide bonds. The predicted molar refractivity (Wildman–Crippen MR) is 138 cm³/mol. The van der Waals surface area contributed by atoms with Crippen LogP contribution >= 0.6 is 0 Å². The number of fused-ring (bicyclic) bond motifs is 1. The average molecular weight is 473 g/mol. The van der Waals surface area contributed by atoms with Crippen LogP contribution in [0.15, 0.2) is 66.7 Å². The zero-order valence-electron chi connectivity index (χ0n) is 20.4. The fraction of sp³-hybridized carbons (Fsp3) is 0.185. The first kappa shape index (κ1) is 25.2. The van der Waals surface area contributed by atoms with Gasteiger partial charge in [0.2, 0.25) is 5.95 Å². The van der Waals surface area contributed by atoms with Crippen LogP contribution in [0.1, 0.15) is 24.2 Å². The van der Waals surface area contributed by atoms with Crippen LogP contribution in [0, 0.1) is 0 Å². The van der Waals surface area contributed by atoms with Crippen molar-refractivity contribution >= 4 is 34.2 Å². The molecule has 0 saturated carbocycles. The molecule has 0 aliphatic heterocycles. The summed E-state index contributed by atoms with van der Waals surface area (Å²) < 4.78 is 10.9. The molecule has 8 heteroatoms. The molecular weight excluding hydrogens is 444 g/mol. The molecule has 0 atom stereocenters. The normalized spacial score (nSPS) is 10.1. The maximum absolute atomic E-state index is 12.6. The van der Waals surface area contributed by atoms with Crippen LogP contribution in [0.2, 0.25) is 0 Å². The van der Waals surface area contributed by atoms with E-state index in [9.17, 15) is 9.59 Å². The van der Waals surface area contributed by atoms with Gasteiger partial charge in [0.25, 0.3) is 5.91 Å². The molecule has 3 aromatic carbocycles. The Bertz CT molecular complexity index is 1340. The lowest BCUT2D eigenvalue weighted by Gasteiger charge is -2.13. The maximum Gasteiger partial charge on any atom is 0.255 e. The van der Waals surface area contributed by atoms with Crippen LogP contribution in [0.25, 0.3) is 22.2 Å². The van der Waals surface area contributed by atoms with Gasteiger partial charge in [-0.25, -0.2) is 9.97 Å². The van der Waals surface area contributed by atoms with Crippen LogP contribution in [0.5, 0.6) is 11.5 Å². The zero-order valence-corrected chi connectivity index (χ0v) is 20.4. The molecule has 0 fully saturated rings. The van der Waals surface area contributed by atoms with Gasteiger partial charge < -0.3 is 24.9 Å². The van der Waals surface area contributed by atoms with E-state index in [1.165, 1.54) is 13.8 Å². The van der Waals surface area contributed by atoms with Crippen LogP contribution in [-0.4, -0.2) is 42.9 Å². The molecule has 180 valence electrons. The van der Waals surface area contributed by atoms with Gasteiger partial charge in [0.05, 0.1) is 25.4 Å². The Morgan fingerprint density at radius 3 is 2.11 bits per heavy atom. The maximum atomic E-state index is 12.6. The number of amides is 1. The highest BCUT2D eigenvalue weighted by atomic mass is 16.5. The number of nitrogens with one attached hydrogen (secondary N) is 2. The highest BCUT2D eigenvalue weighted by molar-refractivity contribution is 6.04. The summed E-state index contributed by atoms with van der Waals surface area (Å²) in [5, 5.41) is 6.75. The van der Waals surface area contributed by atoms with Crippen LogP contribution < -0.4 is 20.1 Å². The van der Waals surface area contributed by atoms with Crippen LogP contribution in [0.4, 0.5) is 11.6 Å². The predicted octanol–water partition coefficient (Wildman–Crippen LogP) is 5.20. The monoisotopic (exact) mass is 472 g/mol. The number of benzene rings is 3. The number of carbonyl (C=O) groups is 2. The van der Waals surface area contributed by atoms with Crippen molar-refractivity contribution in [1.82, 2.24) is 9.97 Å². The van der Waals surface area contributed by atoms with Gasteiger partial charge in [0.15, 0.2) is 11.5 Å². The molecule has 0 aliphatic rings. The molecule has 4 rings (SSSR count). The smallest absolute Gasteiger partial charge is 0.255 e. The highest BCUT2D eigenvalue weighted by Crippen LogP contribution is 2.36. The summed E-state index contributed by atoms with van der Waals surface area (Å²) in [6.45, 7) is 3.06. The second-order valence-electron chi connectivity index (χ2n) is 7.68. The van der Waals surface area contributed by atoms with Gasteiger partial charge in [0.1, 0.15) is 5.78 Å². The third-order valence-corrected chi connectivity index (χ3v) is 4.85. The first-order chi connectivity index (χ1) is 16.9. The number of ketones is 1. The van der Waals surface area contributed by atoms with Crippen molar-refractivity contribution in [2.45, 2.75) is 13.8 Å². The zero-order chi connectivity index (χ0) is 25.4. The molecule has 4 aromatic rings. The molecule has 0 bridgehead atoms. The lowest BCUT2D eigenvalue weighted by molar-refractivity contribution is -0.115. The number of rotatable bonds is 6. The Morgan fingerprint density at radius 2 is 1.49 bits per heavy atom. The van der Waals surface area contributed by atoms with E-state index >= 15 is 0 Å². The standard InChI is InChI=1S/C24H22N4O3.C3H6O/c1-25-24-27-19-14-21(31-3)20(30-2)13-18(19)22(28-24)16-10-7-11-17(12-16)26-23(29)15-8-5-4-6-9-15;1-3(2)4/h4-14H,1-3H3,(H,26,29)(H,25,27,28);1-2H3. The lowest BCUT2D eigenvalue weighted by Crippen LogP contribution is -2.11. The summed E-state index contributed by atoms with van der Waals surface area (Å²) in [6.07, 6.45) is 0. The molecule has 0 spiro atoms. The van der Waals surface area contributed by atoms with Crippen LogP contribution in [-0.2, 0) is 4.79 Å². The number of aromatic nitrogens is 2. The van der Waals surface area contributed by atoms with Crippen molar-refractivity contribution in [3.8, 4) is 22.8 Å². The molecule has 0 aliphatic carbocycles. The van der Waals surface area contributed by atoms with E-state index in [1.807, 2.05) is 54.6 Å². The highest BCUT2D eigenvalue weighted by Gasteiger charge is 2.15. The van der Waals surface area contributed by atoms with Gasteiger partial charge in [-0.05, 0) is 44.2 Å². The first-order valence-corrected chi connectivity index (χ1v) is 10.9. The van der Waals surface area contributed by atoms with Gasteiger partial charge >= 0.3 is 0 Å². The summed E-state index contributed by atoms with van der Waals surface area (Å²) in [4.78, 5) is 31.2. The number of hydrogen-bond donors (Lipinski definition) is 2. The first-order valence-electron chi connectivity index (χ1n) is 10.9. The lowest BCUT2D eigenvalue weighted by atomic mass is 10.0. The Balaban J connectivity index is 0.000000795. The fourth-order valence-corrected chi connectivity index (χ4v) is 3.32. The Kier molecular flexibility index (Phi) is 8.34. The van der Waals surface area contributed by atoms with Gasteiger partial charge in [-0.2, -0.15) is 0 Å². The second kappa shape index (κ2) is 11.6. The van der Waals surface area contributed by atoms with E-state index in [1.54, 1.807) is 33.4 Å². The average Bonchev–Trinajstić information content (AvgIpc) is 2.87. The molecule has 35 heavy (non-hydrogen) atoms. The molecule has 0 saturated heterocycles. The van der Waals surface area contributed by atoms with Crippen molar-refractivity contribution in [3.63, 3.8) is 0 Å². The number of ether oxygens (including phenoxy) is 2. The quantitative estimate of drug-likeness (QED) is 0.397. The third kappa shape index (κ3) is 6.32. The van der Waals surface area contributed by atoms with E-state index in [0.29, 0.717) is 39.9 Å². The summed E-state index contributed by atoms with van der Waals surface area (Å²) in [7, 11) is 4.94. The van der Waals surface area contributed by atoms with E-state index in [0.717, 1.165) is 10.9 Å². The molecular formula is C27H28N4O4. The minimum Gasteiger partial charge on any atom is -0.493 e. The number of carbonyl (C=O) groups excluding carboxylic acids is 2. The summed E-state index contributed by atoms with van der Waals surface area (Å²) >= 11 is 0. The molecule has 0 unspecified atom stereocenters. The van der Waals surface area contributed by atoms with Gasteiger partial charge in [0, 0.05) is 35.3 Å². The van der Waals surface area contributed by atoms with Gasteiger partial charge in [-0.3, -0.25) is 4.79 Å². The number of hydrogen-bond acceptors (Lipinski definition) is 7. The topological polar surface area (TPSA) is 102 Å². The minimum absolute atomic E-state index is 0.167. The van der Waals surface area contributed by atoms with Gasteiger partial charge in [-0.15, -0.1) is 0 Å². The fourth-order valence-electron chi connectivity index (χ4n) is 3.32. The van der Waals surface area contributed by atoms with Crippen LogP contribution in [0.3, 0.4) is 0 Å². The minimum atomic E-state index is -0.174. The Hall–Kier alpha value is -4.46. The van der Waals surface area contributed by atoms with Crippen molar-refractivity contribution in [3.05, 3.63) is 72.3 Å². The van der Waals surface area contributed by atoms with E-state index in [4.69, 9.17) is 9.47 Å². The molecule has 1 aromatic heterocycles. The SMILES string of the molecule is CC(C)=O.CNc1nc(-c2cccc(NC(=O)c3ccccc3)c2)c2cc(OC)c(OC)cc2n1. The molecule has 1 heterocycles. The number of nitrogens with zero attached hydrogens (tertiary/aromatic N) is 2. The van der Waals surface area contributed by atoms with Crippen molar-refractivity contribution in [2.24, 2.45) is 0 Å². The van der Waals surface area contributed by atoms with Crippen molar-refractivity contribution in [1.29, 1.82) is 0 Å². The number of methoxy groups -OCH3 is 2. The second-order valence-corrected chi connectivity index (χ2v) is 7.68. The Morgan fingerprint density at radius 1 is 0.829 bits per heavy atom. The van der Waals surface area contributed by atoms with E-state index < -0.39 is 0 Å². The number of Topliss-reactive ketones (excluding diaryl/α,β-unsaturated/α-hetero) is 1. The van der Waals surface area contributed by atoms with Crippen molar-refractivity contribution in [2.75, 3.05) is 31.9 Å². The van der Waals surface area contributed by atoms with E-state index in [2.05, 4.69) is 20.6 Å².